The molecule has 0 amide bonds. The minimum atomic E-state index is -0.210. The average molecular weight is 243 g/mol. The van der Waals surface area contributed by atoms with Crippen LogP contribution in [0.1, 0.15) is 13.8 Å². The van der Waals surface area contributed by atoms with Crippen LogP contribution >= 0.6 is 15.9 Å². The average Bonchev–Trinajstić information content (AvgIpc) is 2.04. The Morgan fingerprint density at radius 1 is 1.46 bits per heavy atom. The summed E-state index contributed by atoms with van der Waals surface area (Å²) in [5, 5.41) is 0. The van der Waals surface area contributed by atoms with E-state index in [4.69, 9.17) is 4.74 Å². The summed E-state index contributed by atoms with van der Waals surface area (Å²) in [5.41, 5.74) is 0. The van der Waals surface area contributed by atoms with Gasteiger partial charge in [-0.25, -0.2) is 0 Å². The van der Waals surface area contributed by atoms with Gasteiger partial charge in [-0.1, -0.05) is 35.8 Å². The second-order valence-corrected chi connectivity index (χ2v) is 3.95. The molecule has 0 unspecified atom stereocenters. The first-order valence-electron chi connectivity index (χ1n) is 4.07. The SMILES string of the molecule is CC(C)C(=O)Oc1cccc(Br)c1. The molecule has 1 aromatic rings. The second-order valence-electron chi connectivity index (χ2n) is 3.03. The highest BCUT2D eigenvalue weighted by Gasteiger charge is 2.09. The first-order valence-corrected chi connectivity index (χ1v) is 4.86. The number of ether oxygens (including phenoxy) is 1. The number of hydrogen-bond donors (Lipinski definition) is 0. The maximum absolute atomic E-state index is 11.2. The Bertz CT molecular complexity index is 308. The Morgan fingerprint density at radius 2 is 2.15 bits per heavy atom. The van der Waals surface area contributed by atoms with Crippen LogP contribution in [-0.4, -0.2) is 5.97 Å². The molecule has 1 aromatic carbocycles. The zero-order chi connectivity index (χ0) is 9.84. The summed E-state index contributed by atoms with van der Waals surface area (Å²) in [5.74, 6) is 0.269. The Hall–Kier alpha value is -0.830. The van der Waals surface area contributed by atoms with E-state index in [1.807, 2.05) is 12.1 Å². The van der Waals surface area contributed by atoms with Crippen molar-refractivity contribution in [1.29, 1.82) is 0 Å². The molecule has 3 heteroatoms. The number of carbonyl (C=O) groups excluding carboxylic acids is 1. The van der Waals surface area contributed by atoms with Crippen LogP contribution in [0.5, 0.6) is 5.75 Å². The Balaban J connectivity index is 2.69. The highest BCUT2D eigenvalue weighted by Crippen LogP contribution is 2.18. The highest BCUT2D eigenvalue weighted by atomic mass is 79.9. The number of halogens is 1. The zero-order valence-corrected chi connectivity index (χ0v) is 9.17. The van der Waals surface area contributed by atoms with Gasteiger partial charge >= 0.3 is 5.97 Å². The summed E-state index contributed by atoms with van der Waals surface area (Å²) >= 11 is 3.30. The third-order valence-corrected chi connectivity index (χ3v) is 1.98. The monoisotopic (exact) mass is 242 g/mol. The van der Waals surface area contributed by atoms with Crippen molar-refractivity contribution in [3.8, 4) is 5.75 Å². The van der Waals surface area contributed by atoms with Gasteiger partial charge in [-0.3, -0.25) is 4.79 Å². The molecule has 1 rings (SSSR count). The number of benzene rings is 1. The summed E-state index contributed by atoms with van der Waals surface area (Å²) in [7, 11) is 0. The first kappa shape index (κ1) is 10.3. The smallest absolute Gasteiger partial charge is 0.313 e. The molecule has 0 bridgehead atoms. The van der Waals surface area contributed by atoms with E-state index in [9.17, 15) is 4.79 Å². The lowest BCUT2D eigenvalue weighted by atomic mass is 10.2. The maximum Gasteiger partial charge on any atom is 0.313 e. The summed E-state index contributed by atoms with van der Waals surface area (Å²) < 4.78 is 5.99. The van der Waals surface area contributed by atoms with Crippen LogP contribution in [0.25, 0.3) is 0 Å². The predicted molar refractivity (Wildman–Crippen MR) is 54.6 cm³/mol. The first-order chi connectivity index (χ1) is 6.09. The van der Waals surface area contributed by atoms with Gasteiger partial charge in [0.05, 0.1) is 5.92 Å². The van der Waals surface area contributed by atoms with Gasteiger partial charge in [-0.05, 0) is 18.2 Å². The zero-order valence-electron chi connectivity index (χ0n) is 7.58. The van der Waals surface area contributed by atoms with Crippen molar-refractivity contribution in [2.75, 3.05) is 0 Å². The molecule has 13 heavy (non-hydrogen) atoms. The van der Waals surface area contributed by atoms with Crippen LogP contribution < -0.4 is 4.74 Å². The fourth-order valence-electron chi connectivity index (χ4n) is 0.764. The van der Waals surface area contributed by atoms with Crippen molar-refractivity contribution in [2.24, 2.45) is 5.92 Å². The molecular formula is C10H11BrO2. The van der Waals surface area contributed by atoms with Crippen molar-refractivity contribution in [1.82, 2.24) is 0 Å². The van der Waals surface area contributed by atoms with Gasteiger partial charge in [0.1, 0.15) is 5.75 Å². The van der Waals surface area contributed by atoms with Gasteiger partial charge in [-0.2, -0.15) is 0 Å². The third-order valence-electron chi connectivity index (χ3n) is 1.49. The largest absolute Gasteiger partial charge is 0.426 e. The molecule has 70 valence electrons. The second kappa shape index (κ2) is 4.42. The lowest BCUT2D eigenvalue weighted by Gasteiger charge is -2.06. The molecule has 0 fully saturated rings. The summed E-state index contributed by atoms with van der Waals surface area (Å²) in [6, 6.07) is 7.23. The summed E-state index contributed by atoms with van der Waals surface area (Å²) in [4.78, 5) is 11.2. The van der Waals surface area contributed by atoms with Crippen LogP contribution in [0.3, 0.4) is 0 Å². The molecule has 0 saturated heterocycles. The van der Waals surface area contributed by atoms with E-state index in [2.05, 4.69) is 15.9 Å². The van der Waals surface area contributed by atoms with Crippen molar-refractivity contribution in [3.63, 3.8) is 0 Å². The van der Waals surface area contributed by atoms with Crippen LogP contribution in [0, 0.1) is 5.92 Å². The van der Waals surface area contributed by atoms with Crippen LogP contribution in [0.4, 0.5) is 0 Å². The van der Waals surface area contributed by atoms with Gasteiger partial charge in [-0.15, -0.1) is 0 Å². The maximum atomic E-state index is 11.2. The Labute approximate surface area is 86.0 Å². The molecular weight excluding hydrogens is 232 g/mol. The predicted octanol–water partition coefficient (Wildman–Crippen LogP) is 3.01. The molecule has 0 saturated carbocycles. The van der Waals surface area contributed by atoms with E-state index in [1.54, 1.807) is 26.0 Å². The fraction of sp³-hybridized carbons (Fsp3) is 0.300. The number of carbonyl (C=O) groups is 1. The molecule has 0 radical (unpaired) electrons. The Morgan fingerprint density at radius 3 is 2.69 bits per heavy atom. The van der Waals surface area contributed by atoms with Gasteiger partial charge in [0.25, 0.3) is 0 Å². The quantitative estimate of drug-likeness (QED) is 0.589. The van der Waals surface area contributed by atoms with Crippen molar-refractivity contribution < 1.29 is 9.53 Å². The summed E-state index contributed by atoms with van der Waals surface area (Å²) in [6.07, 6.45) is 0. The van der Waals surface area contributed by atoms with Gasteiger partial charge in [0.2, 0.25) is 0 Å². The van der Waals surface area contributed by atoms with Crippen molar-refractivity contribution in [3.05, 3.63) is 28.7 Å². The minimum Gasteiger partial charge on any atom is -0.426 e. The standard InChI is InChI=1S/C10H11BrO2/c1-7(2)10(12)13-9-5-3-4-8(11)6-9/h3-7H,1-2H3. The molecule has 0 aromatic heterocycles. The number of hydrogen-bond acceptors (Lipinski definition) is 2. The lowest BCUT2D eigenvalue weighted by Crippen LogP contribution is -2.14. The van der Waals surface area contributed by atoms with E-state index in [-0.39, 0.29) is 11.9 Å². The molecule has 2 nitrogen and oxygen atoms in total. The van der Waals surface area contributed by atoms with Gasteiger partial charge in [0.15, 0.2) is 0 Å². The number of esters is 1. The van der Waals surface area contributed by atoms with E-state index in [1.165, 1.54) is 0 Å². The minimum absolute atomic E-state index is 0.0982. The lowest BCUT2D eigenvalue weighted by molar-refractivity contribution is -0.137. The van der Waals surface area contributed by atoms with E-state index in [0.717, 1.165) is 4.47 Å². The van der Waals surface area contributed by atoms with Gasteiger partial charge < -0.3 is 4.74 Å². The molecule has 0 aliphatic heterocycles. The van der Waals surface area contributed by atoms with Crippen LogP contribution in [-0.2, 0) is 4.79 Å². The molecule has 0 aliphatic rings. The van der Waals surface area contributed by atoms with Crippen LogP contribution in [0.2, 0.25) is 0 Å². The van der Waals surface area contributed by atoms with E-state index < -0.39 is 0 Å². The van der Waals surface area contributed by atoms with Gasteiger partial charge in [0, 0.05) is 4.47 Å². The highest BCUT2D eigenvalue weighted by molar-refractivity contribution is 9.10. The van der Waals surface area contributed by atoms with E-state index >= 15 is 0 Å². The summed E-state index contributed by atoms with van der Waals surface area (Å²) in [6.45, 7) is 3.61. The molecule has 0 atom stereocenters. The van der Waals surface area contributed by atoms with Crippen molar-refractivity contribution in [2.45, 2.75) is 13.8 Å². The van der Waals surface area contributed by atoms with Crippen molar-refractivity contribution >= 4 is 21.9 Å². The topological polar surface area (TPSA) is 26.3 Å². The third kappa shape index (κ3) is 3.19. The van der Waals surface area contributed by atoms with E-state index in [0.29, 0.717) is 5.75 Å². The fourth-order valence-corrected chi connectivity index (χ4v) is 1.14. The molecule has 0 N–H and O–H groups in total. The molecule has 0 aliphatic carbocycles. The normalized spacial score (nSPS) is 10.2. The molecule has 0 heterocycles. The Kier molecular flexibility index (Phi) is 3.48. The number of rotatable bonds is 2. The van der Waals surface area contributed by atoms with Crippen LogP contribution in [0.15, 0.2) is 28.7 Å². The molecule has 0 spiro atoms.